The molecular formula is C17H22FN5O. The molecule has 1 aromatic carbocycles. The molecule has 1 aliphatic rings. The Kier molecular flexibility index (Phi) is 4.87. The van der Waals surface area contributed by atoms with E-state index in [9.17, 15) is 9.18 Å². The maximum atomic E-state index is 13.3. The van der Waals surface area contributed by atoms with E-state index in [2.05, 4.69) is 15.4 Å². The molecule has 3 rings (SSSR count). The van der Waals surface area contributed by atoms with Crippen molar-refractivity contribution in [1.29, 1.82) is 0 Å². The van der Waals surface area contributed by atoms with Crippen LogP contribution in [0.4, 0.5) is 4.39 Å². The molecule has 0 bridgehead atoms. The van der Waals surface area contributed by atoms with Crippen LogP contribution in [-0.2, 0) is 4.79 Å². The fourth-order valence-electron chi connectivity index (χ4n) is 3.17. The van der Waals surface area contributed by atoms with Gasteiger partial charge in [-0.25, -0.2) is 4.39 Å². The number of carbonyl (C=O) groups is 1. The highest BCUT2D eigenvalue weighted by molar-refractivity contribution is 5.79. The molecule has 2 aromatic rings. The van der Waals surface area contributed by atoms with Gasteiger partial charge in [0, 0.05) is 18.7 Å². The molecule has 0 radical (unpaired) electrons. The Hall–Kier alpha value is -2.31. The van der Waals surface area contributed by atoms with E-state index in [1.807, 2.05) is 11.9 Å². The Morgan fingerprint density at radius 1 is 1.33 bits per heavy atom. The van der Waals surface area contributed by atoms with Crippen LogP contribution >= 0.6 is 0 Å². The van der Waals surface area contributed by atoms with Crippen molar-refractivity contribution in [2.45, 2.75) is 51.1 Å². The molecule has 0 aliphatic heterocycles. The quantitative estimate of drug-likeness (QED) is 0.864. The van der Waals surface area contributed by atoms with E-state index in [1.54, 1.807) is 19.1 Å². The van der Waals surface area contributed by atoms with Crippen molar-refractivity contribution in [2.75, 3.05) is 7.05 Å². The molecule has 1 aromatic heterocycles. The van der Waals surface area contributed by atoms with E-state index in [0.717, 1.165) is 12.8 Å². The molecule has 1 saturated carbocycles. The number of hydrogen-bond donors (Lipinski definition) is 0. The summed E-state index contributed by atoms with van der Waals surface area (Å²) in [5.41, 5.74) is 0.543. The van der Waals surface area contributed by atoms with E-state index >= 15 is 0 Å². The van der Waals surface area contributed by atoms with Gasteiger partial charge in [-0.05, 0) is 37.1 Å². The topological polar surface area (TPSA) is 63.9 Å². The van der Waals surface area contributed by atoms with Crippen LogP contribution in [0.25, 0.3) is 11.4 Å². The van der Waals surface area contributed by atoms with Gasteiger partial charge in [0.25, 0.3) is 0 Å². The average Bonchev–Trinajstić information content (AvgIpc) is 3.10. The average molecular weight is 331 g/mol. The number of carbonyl (C=O) groups excluding carboxylic acids is 1. The Labute approximate surface area is 140 Å². The van der Waals surface area contributed by atoms with Gasteiger partial charge in [-0.15, -0.1) is 10.2 Å². The highest BCUT2D eigenvalue weighted by atomic mass is 19.1. The van der Waals surface area contributed by atoms with Crippen molar-refractivity contribution in [3.05, 3.63) is 30.1 Å². The molecular weight excluding hydrogens is 309 g/mol. The second-order valence-electron chi connectivity index (χ2n) is 6.36. The van der Waals surface area contributed by atoms with E-state index in [4.69, 9.17) is 0 Å². The number of hydrogen-bond acceptors (Lipinski definition) is 4. The largest absolute Gasteiger partial charge is 0.341 e. The Bertz CT molecular complexity index is 711. The smallest absolute Gasteiger partial charge is 0.249 e. The fourth-order valence-corrected chi connectivity index (χ4v) is 3.17. The molecule has 0 saturated heterocycles. The van der Waals surface area contributed by atoms with Gasteiger partial charge in [0.2, 0.25) is 11.7 Å². The van der Waals surface area contributed by atoms with Crippen LogP contribution in [0.1, 0.15) is 45.1 Å². The number of likely N-dealkylation sites (N-methyl/N-ethyl adjacent to an activating group) is 1. The van der Waals surface area contributed by atoms with Crippen molar-refractivity contribution in [3.8, 4) is 11.4 Å². The minimum absolute atomic E-state index is 0.0231. The number of nitrogens with zero attached hydrogens (tertiary/aromatic N) is 5. The molecule has 1 atom stereocenters. The predicted molar refractivity (Wildman–Crippen MR) is 87.6 cm³/mol. The SMILES string of the molecule is CC(C(=O)N(C)C1CCCCC1)n1nnc(-c2cccc(F)c2)n1. The summed E-state index contributed by atoms with van der Waals surface area (Å²) in [7, 11) is 1.85. The number of tetrazole rings is 1. The van der Waals surface area contributed by atoms with Gasteiger partial charge in [-0.1, -0.05) is 31.4 Å². The van der Waals surface area contributed by atoms with Crippen molar-refractivity contribution in [3.63, 3.8) is 0 Å². The first-order valence-electron chi connectivity index (χ1n) is 8.38. The third kappa shape index (κ3) is 3.44. The lowest BCUT2D eigenvalue weighted by Crippen LogP contribution is -2.42. The summed E-state index contributed by atoms with van der Waals surface area (Å²) in [4.78, 5) is 15.8. The first-order chi connectivity index (χ1) is 11.6. The zero-order valence-electron chi connectivity index (χ0n) is 14.0. The molecule has 1 fully saturated rings. The van der Waals surface area contributed by atoms with Crippen LogP contribution < -0.4 is 0 Å². The second kappa shape index (κ2) is 7.07. The van der Waals surface area contributed by atoms with Gasteiger partial charge in [0.1, 0.15) is 11.9 Å². The Morgan fingerprint density at radius 2 is 2.08 bits per heavy atom. The van der Waals surface area contributed by atoms with Crippen LogP contribution in [0.15, 0.2) is 24.3 Å². The van der Waals surface area contributed by atoms with Crippen LogP contribution in [-0.4, -0.2) is 44.1 Å². The maximum Gasteiger partial charge on any atom is 0.249 e. The van der Waals surface area contributed by atoms with Crippen LogP contribution in [0.2, 0.25) is 0 Å². The molecule has 128 valence electrons. The van der Waals surface area contributed by atoms with Crippen molar-refractivity contribution >= 4 is 5.91 Å². The lowest BCUT2D eigenvalue weighted by atomic mass is 9.94. The Balaban J connectivity index is 1.73. The summed E-state index contributed by atoms with van der Waals surface area (Å²) in [6.07, 6.45) is 5.68. The summed E-state index contributed by atoms with van der Waals surface area (Å²) < 4.78 is 13.3. The molecule has 0 N–H and O–H groups in total. The molecule has 1 unspecified atom stereocenters. The van der Waals surface area contributed by atoms with Gasteiger partial charge in [-0.2, -0.15) is 4.80 Å². The standard InChI is InChI=1S/C17H22FN5O/c1-12(17(24)22(2)15-9-4-3-5-10-15)23-20-16(19-21-23)13-7-6-8-14(18)11-13/h6-8,11-12,15H,3-5,9-10H2,1-2H3. The van der Waals surface area contributed by atoms with Crippen molar-refractivity contribution < 1.29 is 9.18 Å². The van der Waals surface area contributed by atoms with Gasteiger partial charge >= 0.3 is 0 Å². The molecule has 0 spiro atoms. The summed E-state index contributed by atoms with van der Waals surface area (Å²) in [6, 6.07) is 5.77. The minimum atomic E-state index is -0.535. The molecule has 1 heterocycles. The Morgan fingerprint density at radius 3 is 2.79 bits per heavy atom. The van der Waals surface area contributed by atoms with Crippen LogP contribution in [0, 0.1) is 5.82 Å². The van der Waals surface area contributed by atoms with Gasteiger partial charge in [-0.3, -0.25) is 4.79 Å². The highest BCUT2D eigenvalue weighted by Crippen LogP contribution is 2.23. The van der Waals surface area contributed by atoms with E-state index < -0.39 is 6.04 Å². The zero-order valence-corrected chi connectivity index (χ0v) is 14.0. The molecule has 6 nitrogen and oxygen atoms in total. The maximum absolute atomic E-state index is 13.3. The zero-order chi connectivity index (χ0) is 17.1. The first kappa shape index (κ1) is 16.5. The van der Waals surface area contributed by atoms with Crippen LogP contribution in [0.5, 0.6) is 0 Å². The number of benzene rings is 1. The minimum Gasteiger partial charge on any atom is -0.341 e. The fraction of sp³-hybridized carbons (Fsp3) is 0.529. The predicted octanol–water partition coefficient (Wildman–Crippen LogP) is 2.83. The summed E-state index contributed by atoms with van der Waals surface area (Å²) >= 11 is 0. The summed E-state index contributed by atoms with van der Waals surface area (Å²) in [5.74, 6) is -0.0652. The number of halogens is 1. The summed E-state index contributed by atoms with van der Waals surface area (Å²) in [5, 5.41) is 12.2. The molecule has 24 heavy (non-hydrogen) atoms. The first-order valence-corrected chi connectivity index (χ1v) is 8.38. The van der Waals surface area contributed by atoms with Gasteiger partial charge < -0.3 is 4.90 Å². The van der Waals surface area contributed by atoms with Crippen molar-refractivity contribution in [1.82, 2.24) is 25.1 Å². The lowest BCUT2D eigenvalue weighted by Gasteiger charge is -2.32. The molecule has 7 heteroatoms. The molecule has 1 amide bonds. The highest BCUT2D eigenvalue weighted by Gasteiger charge is 2.28. The number of amides is 1. The van der Waals surface area contributed by atoms with E-state index in [1.165, 1.54) is 36.2 Å². The number of rotatable bonds is 4. The number of aromatic nitrogens is 4. The third-order valence-corrected chi connectivity index (χ3v) is 4.68. The third-order valence-electron chi connectivity index (χ3n) is 4.68. The summed E-state index contributed by atoms with van der Waals surface area (Å²) in [6.45, 7) is 1.76. The van der Waals surface area contributed by atoms with Crippen molar-refractivity contribution in [2.24, 2.45) is 0 Å². The lowest BCUT2D eigenvalue weighted by molar-refractivity contribution is -0.136. The van der Waals surface area contributed by atoms with Crippen LogP contribution in [0.3, 0.4) is 0 Å². The molecule has 1 aliphatic carbocycles. The normalized spacial score (nSPS) is 16.8. The van der Waals surface area contributed by atoms with E-state index in [-0.39, 0.29) is 11.7 Å². The second-order valence-corrected chi connectivity index (χ2v) is 6.36. The van der Waals surface area contributed by atoms with Gasteiger partial charge in [0.15, 0.2) is 0 Å². The van der Waals surface area contributed by atoms with E-state index in [0.29, 0.717) is 17.4 Å². The monoisotopic (exact) mass is 331 g/mol. The van der Waals surface area contributed by atoms with Gasteiger partial charge in [0.05, 0.1) is 0 Å².